The zero-order valence-corrected chi connectivity index (χ0v) is 8.42. The van der Waals surface area contributed by atoms with E-state index < -0.39 is 0 Å². The minimum absolute atomic E-state index is 0.620. The number of hydrogen-bond acceptors (Lipinski definition) is 3. The van der Waals surface area contributed by atoms with E-state index in [2.05, 4.69) is 11.9 Å². The van der Waals surface area contributed by atoms with Crippen LogP contribution in [0.4, 0.5) is 11.4 Å². The molecule has 0 aliphatic rings. The molecule has 0 aromatic heterocycles. The third-order valence-electron chi connectivity index (χ3n) is 1.80. The number of hydrogen-bond donors (Lipinski definition) is 2. The molecule has 0 heterocycles. The van der Waals surface area contributed by atoms with Gasteiger partial charge in [-0.25, -0.2) is 0 Å². The first-order valence-electron chi connectivity index (χ1n) is 4.65. The van der Waals surface area contributed by atoms with E-state index in [0.29, 0.717) is 18.8 Å². The molecule has 1 rings (SSSR count). The number of anilines is 2. The molecule has 0 saturated heterocycles. The van der Waals surface area contributed by atoms with Crippen LogP contribution in [0, 0.1) is 0 Å². The van der Waals surface area contributed by atoms with E-state index in [1.807, 2.05) is 25.1 Å². The van der Waals surface area contributed by atoms with Gasteiger partial charge in [0.05, 0.1) is 18.0 Å². The van der Waals surface area contributed by atoms with Crippen molar-refractivity contribution in [2.24, 2.45) is 0 Å². The Kier molecular flexibility index (Phi) is 3.85. The average molecular weight is 192 g/mol. The van der Waals surface area contributed by atoms with Gasteiger partial charge in [0.15, 0.2) is 0 Å². The number of para-hydroxylation sites is 1. The molecule has 0 radical (unpaired) electrons. The number of nitrogen functional groups attached to an aromatic ring is 1. The van der Waals surface area contributed by atoms with Gasteiger partial charge < -0.3 is 15.8 Å². The maximum atomic E-state index is 5.89. The zero-order valence-electron chi connectivity index (χ0n) is 8.42. The van der Waals surface area contributed by atoms with Crippen LogP contribution in [0.1, 0.15) is 6.92 Å². The highest BCUT2D eigenvalue weighted by Crippen LogP contribution is 2.28. The van der Waals surface area contributed by atoms with Gasteiger partial charge in [0.25, 0.3) is 0 Å². The first-order valence-corrected chi connectivity index (χ1v) is 4.65. The summed E-state index contributed by atoms with van der Waals surface area (Å²) in [5.74, 6) is 0.724. The number of nitrogens with one attached hydrogen (secondary N) is 1. The summed E-state index contributed by atoms with van der Waals surface area (Å²) in [5.41, 5.74) is 7.42. The van der Waals surface area contributed by atoms with Crippen LogP contribution in [0.15, 0.2) is 30.9 Å². The van der Waals surface area contributed by atoms with Crippen molar-refractivity contribution in [1.82, 2.24) is 0 Å². The van der Waals surface area contributed by atoms with Crippen LogP contribution in [0.5, 0.6) is 5.75 Å². The molecule has 3 N–H and O–H groups in total. The monoisotopic (exact) mass is 192 g/mol. The Balaban J connectivity index is 2.83. The molecule has 0 aliphatic carbocycles. The van der Waals surface area contributed by atoms with Crippen molar-refractivity contribution in [2.75, 3.05) is 24.2 Å². The first kappa shape index (κ1) is 10.4. The van der Waals surface area contributed by atoms with Gasteiger partial charge in [-0.3, -0.25) is 0 Å². The largest absolute Gasteiger partial charge is 0.492 e. The van der Waals surface area contributed by atoms with Gasteiger partial charge in [-0.2, -0.15) is 0 Å². The summed E-state index contributed by atoms with van der Waals surface area (Å²) < 4.78 is 5.37. The summed E-state index contributed by atoms with van der Waals surface area (Å²) >= 11 is 0. The van der Waals surface area contributed by atoms with Crippen molar-refractivity contribution >= 4 is 11.4 Å². The average Bonchev–Trinajstić information content (AvgIpc) is 2.20. The summed E-state index contributed by atoms with van der Waals surface area (Å²) in [5, 5.41) is 3.14. The molecule has 3 heteroatoms. The van der Waals surface area contributed by atoms with Crippen LogP contribution in [-0.2, 0) is 0 Å². The molecule has 0 amide bonds. The molecule has 1 aromatic rings. The van der Waals surface area contributed by atoms with Gasteiger partial charge in [-0.1, -0.05) is 12.1 Å². The van der Waals surface area contributed by atoms with Crippen LogP contribution in [0.25, 0.3) is 0 Å². The predicted octanol–water partition coefficient (Wildman–Crippen LogP) is 2.27. The third-order valence-corrected chi connectivity index (χ3v) is 1.80. The molecule has 0 atom stereocenters. The Hall–Kier alpha value is -1.64. The quantitative estimate of drug-likeness (QED) is 0.555. The molecule has 0 saturated carbocycles. The zero-order chi connectivity index (χ0) is 10.4. The van der Waals surface area contributed by atoms with E-state index in [4.69, 9.17) is 10.5 Å². The summed E-state index contributed by atoms with van der Waals surface area (Å²) in [6, 6.07) is 5.69. The van der Waals surface area contributed by atoms with Crippen molar-refractivity contribution < 1.29 is 4.74 Å². The molecule has 0 aliphatic heterocycles. The van der Waals surface area contributed by atoms with E-state index in [1.165, 1.54) is 0 Å². The topological polar surface area (TPSA) is 47.3 Å². The smallest absolute Gasteiger partial charge is 0.144 e. The lowest BCUT2D eigenvalue weighted by Gasteiger charge is -2.11. The van der Waals surface area contributed by atoms with E-state index >= 15 is 0 Å². The maximum Gasteiger partial charge on any atom is 0.144 e. The minimum Gasteiger partial charge on any atom is -0.492 e. The third kappa shape index (κ3) is 2.42. The fourth-order valence-corrected chi connectivity index (χ4v) is 1.16. The van der Waals surface area contributed by atoms with E-state index in [0.717, 1.165) is 11.4 Å². The molecule has 0 unspecified atom stereocenters. The second-order valence-electron chi connectivity index (χ2n) is 2.82. The Morgan fingerprint density at radius 1 is 1.57 bits per heavy atom. The Bertz CT molecular complexity index is 310. The molecule has 1 aromatic carbocycles. The van der Waals surface area contributed by atoms with Crippen molar-refractivity contribution in [1.29, 1.82) is 0 Å². The number of rotatable bonds is 5. The van der Waals surface area contributed by atoms with E-state index in [-0.39, 0.29) is 0 Å². The second kappa shape index (κ2) is 5.17. The molecule has 0 bridgehead atoms. The minimum atomic E-state index is 0.620. The predicted molar refractivity (Wildman–Crippen MR) is 60.7 cm³/mol. The van der Waals surface area contributed by atoms with Crippen molar-refractivity contribution in [2.45, 2.75) is 6.92 Å². The van der Waals surface area contributed by atoms with Gasteiger partial charge >= 0.3 is 0 Å². The van der Waals surface area contributed by atoms with Crippen molar-refractivity contribution in [3.63, 3.8) is 0 Å². The molecule has 14 heavy (non-hydrogen) atoms. The molecule has 3 nitrogen and oxygen atoms in total. The lowest BCUT2D eigenvalue weighted by molar-refractivity contribution is 0.342. The number of benzene rings is 1. The first-order chi connectivity index (χ1) is 6.79. The molecular weight excluding hydrogens is 176 g/mol. The summed E-state index contributed by atoms with van der Waals surface area (Å²) in [4.78, 5) is 0. The van der Waals surface area contributed by atoms with E-state index in [9.17, 15) is 0 Å². The van der Waals surface area contributed by atoms with Crippen LogP contribution in [0.3, 0.4) is 0 Å². The van der Waals surface area contributed by atoms with Crippen LogP contribution >= 0.6 is 0 Å². The summed E-state index contributed by atoms with van der Waals surface area (Å²) in [6.45, 7) is 6.88. The van der Waals surface area contributed by atoms with Gasteiger partial charge in [0, 0.05) is 6.54 Å². The van der Waals surface area contributed by atoms with Gasteiger partial charge in [0.2, 0.25) is 0 Å². The van der Waals surface area contributed by atoms with Crippen LogP contribution in [-0.4, -0.2) is 13.2 Å². The van der Waals surface area contributed by atoms with Gasteiger partial charge in [0.1, 0.15) is 5.75 Å². The van der Waals surface area contributed by atoms with Gasteiger partial charge in [-0.05, 0) is 19.1 Å². The lowest BCUT2D eigenvalue weighted by Crippen LogP contribution is -2.04. The Morgan fingerprint density at radius 2 is 2.36 bits per heavy atom. The SMILES string of the molecule is C=CCNc1cccc(OCC)c1N. The number of ether oxygens (including phenoxy) is 1. The van der Waals surface area contributed by atoms with E-state index in [1.54, 1.807) is 6.08 Å². The van der Waals surface area contributed by atoms with Crippen molar-refractivity contribution in [3.05, 3.63) is 30.9 Å². The highest BCUT2D eigenvalue weighted by molar-refractivity contribution is 5.73. The fraction of sp³-hybridized carbons (Fsp3) is 0.273. The summed E-state index contributed by atoms with van der Waals surface area (Å²) in [7, 11) is 0. The molecule has 0 fully saturated rings. The molecule has 0 spiro atoms. The van der Waals surface area contributed by atoms with Crippen molar-refractivity contribution in [3.8, 4) is 5.75 Å². The Labute approximate surface area is 84.6 Å². The standard InChI is InChI=1S/C11H16N2O/c1-3-8-13-9-6-5-7-10(11(9)12)14-4-2/h3,5-7,13H,1,4,8,12H2,2H3. The second-order valence-corrected chi connectivity index (χ2v) is 2.82. The highest BCUT2D eigenvalue weighted by atomic mass is 16.5. The summed E-state index contributed by atoms with van der Waals surface area (Å²) in [6.07, 6.45) is 1.78. The molecular formula is C11H16N2O. The van der Waals surface area contributed by atoms with Gasteiger partial charge in [-0.15, -0.1) is 6.58 Å². The normalized spacial score (nSPS) is 9.50. The van der Waals surface area contributed by atoms with Crippen LogP contribution < -0.4 is 15.8 Å². The molecule has 76 valence electrons. The maximum absolute atomic E-state index is 5.89. The number of nitrogens with two attached hydrogens (primary N) is 1. The Morgan fingerprint density at radius 3 is 3.00 bits per heavy atom. The highest BCUT2D eigenvalue weighted by Gasteiger charge is 2.03. The fourth-order valence-electron chi connectivity index (χ4n) is 1.16. The lowest BCUT2D eigenvalue weighted by atomic mass is 10.2. The van der Waals surface area contributed by atoms with Crippen LogP contribution in [0.2, 0.25) is 0 Å².